The standard InChI is InChI=1S/C20H19ClN4O4/c1-12-4-3-5-13(10-12)17-24-20(29-25-17)19(27)23-9-8-22-18(26)15-11-14(21)6-7-16(15)28-2/h3-7,10-11H,8-9H2,1-2H3,(H,22,26)(H,23,27). The van der Waals surface area contributed by atoms with Gasteiger partial charge in [-0.05, 0) is 31.2 Å². The number of halogens is 1. The third kappa shape index (κ3) is 5.11. The Hall–Kier alpha value is -3.39. The van der Waals surface area contributed by atoms with Crippen LogP contribution in [0.3, 0.4) is 0 Å². The second-order valence-corrected chi connectivity index (χ2v) is 6.59. The summed E-state index contributed by atoms with van der Waals surface area (Å²) in [5.74, 6) is -0.292. The highest BCUT2D eigenvalue weighted by atomic mass is 35.5. The molecule has 29 heavy (non-hydrogen) atoms. The third-order valence-electron chi connectivity index (χ3n) is 4.00. The number of aryl methyl sites for hydroxylation is 1. The molecule has 9 heteroatoms. The highest BCUT2D eigenvalue weighted by Gasteiger charge is 2.16. The number of aromatic nitrogens is 2. The SMILES string of the molecule is COc1ccc(Cl)cc1C(=O)NCCNC(=O)c1nc(-c2cccc(C)c2)no1. The first-order valence-electron chi connectivity index (χ1n) is 8.78. The lowest BCUT2D eigenvalue weighted by molar-refractivity contribution is 0.0897. The Kier molecular flexibility index (Phi) is 6.46. The zero-order valence-corrected chi connectivity index (χ0v) is 16.6. The van der Waals surface area contributed by atoms with E-state index in [1.165, 1.54) is 13.2 Å². The Balaban J connectivity index is 1.52. The molecule has 2 N–H and O–H groups in total. The van der Waals surface area contributed by atoms with Gasteiger partial charge in [-0.3, -0.25) is 9.59 Å². The Morgan fingerprint density at radius 2 is 1.86 bits per heavy atom. The summed E-state index contributed by atoms with van der Waals surface area (Å²) >= 11 is 5.93. The number of carbonyl (C=O) groups excluding carboxylic acids is 2. The molecule has 150 valence electrons. The fourth-order valence-corrected chi connectivity index (χ4v) is 2.77. The number of ether oxygens (including phenoxy) is 1. The number of benzene rings is 2. The molecule has 0 fully saturated rings. The van der Waals surface area contributed by atoms with E-state index in [1.54, 1.807) is 12.1 Å². The van der Waals surface area contributed by atoms with Crippen molar-refractivity contribution in [2.75, 3.05) is 20.2 Å². The van der Waals surface area contributed by atoms with Crippen LogP contribution in [0, 0.1) is 6.92 Å². The van der Waals surface area contributed by atoms with E-state index in [4.69, 9.17) is 20.9 Å². The molecule has 0 radical (unpaired) electrons. The van der Waals surface area contributed by atoms with Gasteiger partial charge in [0.05, 0.1) is 12.7 Å². The zero-order chi connectivity index (χ0) is 20.8. The van der Waals surface area contributed by atoms with Crippen molar-refractivity contribution in [3.05, 3.63) is 64.5 Å². The fraction of sp³-hybridized carbons (Fsp3) is 0.200. The van der Waals surface area contributed by atoms with Crippen molar-refractivity contribution < 1.29 is 18.8 Å². The molecule has 2 aromatic carbocycles. The lowest BCUT2D eigenvalue weighted by Crippen LogP contribution is -2.35. The van der Waals surface area contributed by atoms with Gasteiger partial charge in [-0.1, -0.05) is 40.5 Å². The van der Waals surface area contributed by atoms with Crippen LogP contribution in [-0.2, 0) is 0 Å². The smallest absolute Gasteiger partial charge is 0.316 e. The van der Waals surface area contributed by atoms with Crippen LogP contribution in [0.5, 0.6) is 5.75 Å². The molecule has 0 saturated carbocycles. The van der Waals surface area contributed by atoms with Gasteiger partial charge in [-0.15, -0.1) is 0 Å². The molecule has 1 heterocycles. The van der Waals surface area contributed by atoms with Crippen LogP contribution in [0.15, 0.2) is 47.0 Å². The largest absolute Gasteiger partial charge is 0.496 e. The molecule has 0 bridgehead atoms. The van der Waals surface area contributed by atoms with Crippen LogP contribution in [0.2, 0.25) is 5.02 Å². The predicted octanol–water partition coefficient (Wildman–Crippen LogP) is 2.87. The Morgan fingerprint density at radius 1 is 1.10 bits per heavy atom. The lowest BCUT2D eigenvalue weighted by Gasteiger charge is -2.09. The van der Waals surface area contributed by atoms with E-state index in [2.05, 4.69) is 20.8 Å². The summed E-state index contributed by atoms with van der Waals surface area (Å²) in [5, 5.41) is 9.55. The van der Waals surface area contributed by atoms with Crippen molar-refractivity contribution in [3.8, 4) is 17.1 Å². The number of nitrogens with one attached hydrogen (secondary N) is 2. The van der Waals surface area contributed by atoms with Crippen molar-refractivity contribution in [2.24, 2.45) is 0 Å². The van der Waals surface area contributed by atoms with E-state index in [0.717, 1.165) is 11.1 Å². The summed E-state index contributed by atoms with van der Waals surface area (Å²) in [5.41, 5.74) is 2.12. The first-order chi connectivity index (χ1) is 14.0. The van der Waals surface area contributed by atoms with Crippen molar-refractivity contribution in [3.63, 3.8) is 0 Å². The zero-order valence-electron chi connectivity index (χ0n) is 15.9. The molecule has 0 atom stereocenters. The van der Waals surface area contributed by atoms with Gasteiger partial charge in [0.2, 0.25) is 5.82 Å². The second-order valence-electron chi connectivity index (χ2n) is 6.15. The number of nitrogens with zero attached hydrogens (tertiary/aromatic N) is 2. The van der Waals surface area contributed by atoms with Crippen molar-refractivity contribution in [1.82, 2.24) is 20.8 Å². The quantitative estimate of drug-likeness (QED) is 0.576. The minimum Gasteiger partial charge on any atom is -0.496 e. The van der Waals surface area contributed by atoms with Gasteiger partial charge in [-0.25, -0.2) is 0 Å². The molecule has 8 nitrogen and oxygen atoms in total. The molecule has 0 unspecified atom stereocenters. The van der Waals surface area contributed by atoms with E-state index in [9.17, 15) is 9.59 Å². The van der Waals surface area contributed by atoms with Gasteiger partial charge in [0.1, 0.15) is 5.75 Å². The number of methoxy groups -OCH3 is 1. The maximum Gasteiger partial charge on any atom is 0.316 e. The highest BCUT2D eigenvalue weighted by molar-refractivity contribution is 6.31. The Morgan fingerprint density at radius 3 is 2.59 bits per heavy atom. The van der Waals surface area contributed by atoms with Crippen LogP contribution in [0.25, 0.3) is 11.4 Å². The van der Waals surface area contributed by atoms with Crippen LogP contribution in [0.4, 0.5) is 0 Å². The van der Waals surface area contributed by atoms with Gasteiger partial charge < -0.3 is 19.9 Å². The number of carbonyl (C=O) groups is 2. The summed E-state index contributed by atoms with van der Waals surface area (Å²) in [6.07, 6.45) is 0. The molecule has 0 spiro atoms. The molecule has 0 aliphatic carbocycles. The maximum atomic E-state index is 12.3. The topological polar surface area (TPSA) is 106 Å². The number of hydrogen-bond acceptors (Lipinski definition) is 6. The number of rotatable bonds is 7. The first kappa shape index (κ1) is 20.3. The van der Waals surface area contributed by atoms with Crippen molar-refractivity contribution in [2.45, 2.75) is 6.92 Å². The summed E-state index contributed by atoms with van der Waals surface area (Å²) in [7, 11) is 1.47. The van der Waals surface area contributed by atoms with Gasteiger partial charge in [0, 0.05) is 23.7 Å². The Labute approximate surface area is 172 Å². The molecule has 0 aliphatic rings. The summed E-state index contributed by atoms with van der Waals surface area (Å²) < 4.78 is 10.2. The number of hydrogen-bond donors (Lipinski definition) is 2. The van der Waals surface area contributed by atoms with E-state index in [1.807, 2.05) is 31.2 Å². The van der Waals surface area contributed by atoms with Crippen molar-refractivity contribution in [1.29, 1.82) is 0 Å². The van der Waals surface area contributed by atoms with E-state index in [-0.39, 0.29) is 24.9 Å². The summed E-state index contributed by atoms with van der Waals surface area (Å²) in [4.78, 5) is 28.5. The lowest BCUT2D eigenvalue weighted by atomic mass is 10.1. The van der Waals surface area contributed by atoms with E-state index < -0.39 is 5.91 Å². The second kappa shape index (κ2) is 9.20. The minimum absolute atomic E-state index is 0.149. The molecular weight excluding hydrogens is 396 g/mol. The molecule has 0 aliphatic heterocycles. The molecule has 3 rings (SSSR count). The Bertz CT molecular complexity index is 1030. The van der Waals surface area contributed by atoms with Crippen LogP contribution in [0.1, 0.15) is 26.6 Å². The predicted molar refractivity (Wildman–Crippen MR) is 107 cm³/mol. The van der Waals surface area contributed by atoms with E-state index >= 15 is 0 Å². The van der Waals surface area contributed by atoms with Gasteiger partial charge in [0.15, 0.2) is 0 Å². The maximum absolute atomic E-state index is 12.3. The molecule has 2 amide bonds. The minimum atomic E-state index is -0.522. The third-order valence-corrected chi connectivity index (χ3v) is 4.23. The highest BCUT2D eigenvalue weighted by Crippen LogP contribution is 2.22. The summed E-state index contributed by atoms with van der Waals surface area (Å²) in [6.45, 7) is 2.32. The summed E-state index contributed by atoms with van der Waals surface area (Å²) in [6, 6.07) is 12.3. The average molecular weight is 415 g/mol. The van der Waals surface area contributed by atoms with Gasteiger partial charge >= 0.3 is 11.8 Å². The number of amides is 2. The molecule has 0 saturated heterocycles. The van der Waals surface area contributed by atoms with Crippen LogP contribution in [-0.4, -0.2) is 42.2 Å². The first-order valence-corrected chi connectivity index (χ1v) is 9.16. The molecule has 1 aromatic heterocycles. The van der Waals surface area contributed by atoms with Crippen molar-refractivity contribution >= 4 is 23.4 Å². The average Bonchev–Trinajstić information content (AvgIpc) is 3.21. The fourth-order valence-electron chi connectivity index (χ4n) is 2.60. The normalized spacial score (nSPS) is 10.4. The van der Waals surface area contributed by atoms with Gasteiger partial charge in [-0.2, -0.15) is 4.98 Å². The molecule has 3 aromatic rings. The molecular formula is C20H19ClN4O4. The van der Waals surface area contributed by atoms with Gasteiger partial charge in [0.25, 0.3) is 5.91 Å². The van der Waals surface area contributed by atoms with Crippen LogP contribution >= 0.6 is 11.6 Å². The van der Waals surface area contributed by atoms with Crippen LogP contribution < -0.4 is 15.4 Å². The van der Waals surface area contributed by atoms with E-state index in [0.29, 0.717) is 22.2 Å². The monoisotopic (exact) mass is 414 g/mol.